The monoisotopic (exact) mass is 749 g/mol. The molecule has 1 spiro atoms. The second kappa shape index (κ2) is 13.4. The highest BCUT2D eigenvalue weighted by Crippen LogP contribution is 2.47. The van der Waals surface area contributed by atoms with Crippen molar-refractivity contribution in [2.24, 2.45) is 29.2 Å². The van der Waals surface area contributed by atoms with Crippen molar-refractivity contribution in [1.29, 1.82) is 0 Å². The number of ether oxygens (including phenoxy) is 1. The number of aromatic nitrogens is 4. The molecule has 4 aromatic rings. The smallest absolute Gasteiger partial charge is 0.286 e. The number of nitrogens with zero attached hydrogens (tertiary/aromatic N) is 6. The molecule has 6 atom stereocenters. The number of aryl methyl sites for hydroxylation is 2. The van der Waals surface area contributed by atoms with Crippen molar-refractivity contribution in [2.75, 3.05) is 35.1 Å². The molecule has 1 saturated carbocycles. The number of aliphatic hydroxyl groups excluding tert-OH is 1. The number of benzene rings is 2. The Kier molecular flexibility index (Phi) is 9.01. The second-order valence-electron chi connectivity index (χ2n) is 14.7. The van der Waals surface area contributed by atoms with E-state index in [9.17, 15) is 14.1 Å². The van der Waals surface area contributed by atoms with Crippen molar-refractivity contribution in [3.63, 3.8) is 0 Å². The number of anilines is 2. The average molecular weight is 751 g/mol. The molecule has 268 valence electrons. The van der Waals surface area contributed by atoms with Crippen molar-refractivity contribution in [1.82, 2.24) is 19.7 Å². The van der Waals surface area contributed by atoms with Gasteiger partial charge in [-0.15, -0.1) is 4.36 Å². The molecule has 4 aliphatic rings. The number of amides is 1. The van der Waals surface area contributed by atoms with E-state index in [2.05, 4.69) is 41.2 Å². The Morgan fingerprint density at radius 2 is 2.00 bits per heavy atom. The van der Waals surface area contributed by atoms with Gasteiger partial charge in [0, 0.05) is 42.3 Å². The molecule has 51 heavy (non-hydrogen) atoms. The maximum atomic E-state index is 14.8. The molecule has 4 heterocycles. The number of hydrogen-bond acceptors (Lipinski definition) is 8. The topological polar surface area (TPSA) is 135 Å². The normalized spacial score (nSPS) is 30.0. The first-order valence-corrected chi connectivity index (χ1v) is 20.0. The molecule has 2 aromatic heterocycles. The highest BCUT2D eigenvalue weighted by molar-refractivity contribution is 7.95. The number of carbonyl (C=O) groups is 1. The molecule has 0 saturated heterocycles. The number of allylic oxidation sites excluding steroid dienone is 1. The van der Waals surface area contributed by atoms with Gasteiger partial charge in [-0.3, -0.25) is 14.2 Å². The zero-order chi connectivity index (χ0) is 35.5. The summed E-state index contributed by atoms with van der Waals surface area (Å²) in [5, 5.41) is 16.8. The number of carbonyl (C=O) groups excluding carboxylic acids is 1. The van der Waals surface area contributed by atoms with Gasteiger partial charge >= 0.3 is 0 Å². The Bertz CT molecular complexity index is 2180. The minimum Gasteiger partial charge on any atom is -0.490 e. The molecule has 8 rings (SSSR count). The van der Waals surface area contributed by atoms with Gasteiger partial charge in [0.15, 0.2) is 11.5 Å². The Morgan fingerprint density at radius 1 is 1.14 bits per heavy atom. The first-order valence-electron chi connectivity index (χ1n) is 17.6. The second-order valence-corrected chi connectivity index (χ2v) is 17.5. The Labute approximate surface area is 307 Å². The highest BCUT2D eigenvalue weighted by Gasteiger charge is 2.44. The van der Waals surface area contributed by atoms with E-state index in [1.165, 1.54) is 11.1 Å². The van der Waals surface area contributed by atoms with Gasteiger partial charge in [0.1, 0.15) is 15.7 Å². The lowest BCUT2D eigenvalue weighted by Gasteiger charge is -2.45. The van der Waals surface area contributed by atoms with E-state index < -0.39 is 21.9 Å². The third-order valence-corrected chi connectivity index (χ3v) is 13.4. The van der Waals surface area contributed by atoms with Crippen LogP contribution in [0.15, 0.2) is 59.1 Å². The van der Waals surface area contributed by atoms with Crippen LogP contribution in [0.25, 0.3) is 11.0 Å². The third-order valence-electron chi connectivity index (χ3n) is 11.0. The lowest BCUT2D eigenvalue weighted by Crippen LogP contribution is -2.49. The molecule has 1 unspecified atom stereocenters. The molecule has 1 amide bonds. The zero-order valence-electron chi connectivity index (χ0n) is 28.6. The van der Waals surface area contributed by atoms with Crippen LogP contribution in [0.2, 0.25) is 10.3 Å². The molecular weight excluding hydrogens is 709 g/mol. The third kappa shape index (κ3) is 6.71. The first kappa shape index (κ1) is 34.4. The predicted molar refractivity (Wildman–Crippen MR) is 200 cm³/mol. The number of fused-ring (bicyclic) bond motifs is 5. The number of hydrogen-bond donors (Lipinski definition) is 2. The van der Waals surface area contributed by atoms with Gasteiger partial charge in [0.25, 0.3) is 5.91 Å². The lowest BCUT2D eigenvalue weighted by molar-refractivity contribution is 0.0456. The maximum Gasteiger partial charge on any atom is 0.286 e. The van der Waals surface area contributed by atoms with Gasteiger partial charge in [-0.25, -0.2) is 4.21 Å². The standard InChI is InChI=1S/C37H41Cl2N7O4S/c1-22-5-3-7-31(47)27-11-8-25(27)17-46-20-37(14-4-6-23-15-26(38)10-12-29(23)37)21-50-32-13-9-24(16-30(32)46)35(48)44-51(49,19-22)43-34-28-18-45(2)42-33(28)40-36(39)41-34/h3,7,9-10,12-13,15-16,18,22,25,27,31,47H,4-6,8,11,14,17,19-21H2,1-2H3,(H,40,41,42,43,44,48,49)/b7-3-/t22-,25-,27+,31-,37-,51?/m0/s1. The summed E-state index contributed by atoms with van der Waals surface area (Å²) >= 11 is 12.7. The van der Waals surface area contributed by atoms with Crippen LogP contribution in [0.3, 0.4) is 0 Å². The summed E-state index contributed by atoms with van der Waals surface area (Å²) in [6, 6.07) is 11.5. The first-order chi connectivity index (χ1) is 24.5. The Morgan fingerprint density at radius 3 is 2.82 bits per heavy atom. The molecule has 2 N–H and O–H groups in total. The van der Waals surface area contributed by atoms with Crippen LogP contribution in [0, 0.1) is 17.8 Å². The van der Waals surface area contributed by atoms with E-state index in [-0.39, 0.29) is 40.0 Å². The van der Waals surface area contributed by atoms with Crippen molar-refractivity contribution in [2.45, 2.75) is 57.0 Å². The summed E-state index contributed by atoms with van der Waals surface area (Å²) in [5.74, 6) is 0.523. The molecule has 2 aromatic carbocycles. The van der Waals surface area contributed by atoms with Crippen molar-refractivity contribution < 1.29 is 18.8 Å². The number of halogens is 2. The fourth-order valence-corrected chi connectivity index (χ4v) is 10.7. The van der Waals surface area contributed by atoms with E-state index in [0.29, 0.717) is 48.5 Å². The van der Waals surface area contributed by atoms with Crippen LogP contribution in [0.1, 0.15) is 60.5 Å². The summed E-state index contributed by atoms with van der Waals surface area (Å²) in [4.78, 5) is 25.0. The lowest BCUT2D eigenvalue weighted by atomic mass is 9.68. The van der Waals surface area contributed by atoms with Crippen LogP contribution in [0.4, 0.5) is 11.5 Å². The van der Waals surface area contributed by atoms with E-state index in [1.54, 1.807) is 24.0 Å². The summed E-state index contributed by atoms with van der Waals surface area (Å²) in [6.45, 7) is 3.83. The van der Waals surface area contributed by atoms with Gasteiger partial charge < -0.3 is 14.7 Å². The van der Waals surface area contributed by atoms with Crippen LogP contribution in [-0.4, -0.2) is 66.5 Å². The van der Waals surface area contributed by atoms with E-state index in [4.69, 9.17) is 27.9 Å². The van der Waals surface area contributed by atoms with Gasteiger partial charge in [0.05, 0.1) is 29.5 Å². The SMILES string of the molecule is C[C@H]1C/C=C\[C@H](O)[C@@H]2CC[C@H]2CN2C[C@@]3(CCCc4cc(Cl)ccc43)COc3ccc(cc32)C(=O)N=S(=O)(Nc2nc(Cl)nc3nn(C)cc23)C1. The fourth-order valence-electron chi connectivity index (χ4n) is 8.36. The average Bonchev–Trinajstić information content (AvgIpc) is 3.37. The highest BCUT2D eigenvalue weighted by atomic mass is 35.5. The predicted octanol–water partition coefficient (Wildman–Crippen LogP) is 6.76. The van der Waals surface area contributed by atoms with E-state index in [0.717, 1.165) is 42.8 Å². The van der Waals surface area contributed by atoms with Gasteiger partial charge in [-0.1, -0.05) is 36.7 Å². The summed E-state index contributed by atoms with van der Waals surface area (Å²) in [5.41, 5.74) is 3.65. The molecule has 14 heteroatoms. The molecule has 11 nitrogen and oxygen atoms in total. The van der Waals surface area contributed by atoms with Crippen molar-refractivity contribution in [3.8, 4) is 5.75 Å². The van der Waals surface area contributed by atoms with Crippen molar-refractivity contribution >= 4 is 61.6 Å². The minimum absolute atomic E-state index is 0.0424. The van der Waals surface area contributed by atoms with Crippen molar-refractivity contribution in [3.05, 3.63) is 81.7 Å². The zero-order valence-corrected chi connectivity index (χ0v) is 30.9. The largest absolute Gasteiger partial charge is 0.490 e. The molecular formula is C37H41Cl2N7O4S. The van der Waals surface area contributed by atoms with E-state index in [1.807, 2.05) is 37.3 Å². The quantitative estimate of drug-likeness (QED) is 0.170. The molecule has 1 fully saturated rings. The van der Waals surface area contributed by atoms with Crippen LogP contribution < -0.4 is 14.4 Å². The maximum absolute atomic E-state index is 14.8. The molecule has 2 aliphatic carbocycles. The van der Waals surface area contributed by atoms with Gasteiger partial charge in [-0.05, 0) is 109 Å². The Balaban J connectivity index is 1.22. The molecule has 2 aliphatic heterocycles. The molecule has 0 radical (unpaired) electrons. The minimum atomic E-state index is -3.45. The number of rotatable bonds is 2. The number of aliphatic hydroxyl groups is 1. The van der Waals surface area contributed by atoms with Crippen LogP contribution in [0.5, 0.6) is 5.75 Å². The number of nitrogens with one attached hydrogen (secondary N) is 1. The van der Waals surface area contributed by atoms with Gasteiger partial charge in [-0.2, -0.15) is 15.1 Å². The van der Waals surface area contributed by atoms with E-state index >= 15 is 0 Å². The fraction of sp³-hybridized carbons (Fsp3) is 0.459. The summed E-state index contributed by atoms with van der Waals surface area (Å²) < 4.78 is 30.4. The molecule has 2 bridgehead atoms. The van der Waals surface area contributed by atoms with Crippen LogP contribution >= 0.6 is 23.2 Å². The van der Waals surface area contributed by atoms with Gasteiger partial charge in [0.2, 0.25) is 5.28 Å². The summed E-state index contributed by atoms with van der Waals surface area (Å²) in [7, 11) is -1.71. The van der Waals surface area contributed by atoms with Crippen LogP contribution in [-0.2, 0) is 28.8 Å². The summed E-state index contributed by atoms with van der Waals surface area (Å²) in [6.07, 6.45) is 10.4. The Hall–Kier alpha value is -3.71.